The highest BCUT2D eigenvalue weighted by atomic mass is 35.5. The highest BCUT2D eigenvalue weighted by molar-refractivity contribution is 6.31. The van der Waals surface area contributed by atoms with Gasteiger partial charge in [-0.25, -0.2) is 0 Å². The third kappa shape index (κ3) is 3.00. The Morgan fingerprint density at radius 1 is 1.50 bits per heavy atom. The zero-order valence-corrected chi connectivity index (χ0v) is 11.3. The molecule has 0 radical (unpaired) electrons. The summed E-state index contributed by atoms with van der Waals surface area (Å²) in [6.45, 7) is 4.88. The Hall–Kier alpha value is -1.13. The van der Waals surface area contributed by atoms with Gasteiger partial charge in [0.1, 0.15) is 0 Å². The average molecular weight is 269 g/mol. The summed E-state index contributed by atoms with van der Waals surface area (Å²) in [7, 11) is 0. The monoisotopic (exact) mass is 268 g/mol. The summed E-state index contributed by atoms with van der Waals surface area (Å²) in [5.41, 5.74) is 0.925. The van der Waals surface area contributed by atoms with Crippen molar-refractivity contribution >= 4 is 17.3 Å². The number of nitro benzene ring substituents is 1. The molecule has 2 rings (SSSR count). The van der Waals surface area contributed by atoms with Crippen molar-refractivity contribution in [3.05, 3.63) is 38.9 Å². The highest BCUT2D eigenvalue weighted by Gasteiger charge is 2.37. The summed E-state index contributed by atoms with van der Waals surface area (Å²) in [6, 6.07) is 4.55. The summed E-state index contributed by atoms with van der Waals surface area (Å²) in [5, 5.41) is 14.7. The normalized spacial score (nSPS) is 15.7. The molecule has 1 saturated carbocycles. The number of halogens is 1. The molecule has 0 heterocycles. The SMILES string of the molecule is CC(C)(NCc1cc([N+](=O)[O-])ccc1Cl)C1CC1. The molecule has 1 aliphatic carbocycles. The van der Waals surface area contributed by atoms with E-state index < -0.39 is 4.92 Å². The van der Waals surface area contributed by atoms with Crippen LogP contribution in [0.3, 0.4) is 0 Å². The van der Waals surface area contributed by atoms with Gasteiger partial charge in [-0.1, -0.05) is 11.6 Å². The Morgan fingerprint density at radius 3 is 2.72 bits per heavy atom. The van der Waals surface area contributed by atoms with E-state index >= 15 is 0 Å². The van der Waals surface area contributed by atoms with Crippen molar-refractivity contribution in [2.45, 2.75) is 38.8 Å². The minimum Gasteiger partial charge on any atom is -0.307 e. The summed E-state index contributed by atoms with van der Waals surface area (Å²) in [5.74, 6) is 0.704. The molecular weight excluding hydrogens is 252 g/mol. The van der Waals surface area contributed by atoms with Gasteiger partial charge in [-0.05, 0) is 44.2 Å². The summed E-state index contributed by atoms with van der Waals surface area (Å²) >= 11 is 6.06. The molecule has 0 aromatic heterocycles. The van der Waals surface area contributed by atoms with Crippen LogP contribution in [0.5, 0.6) is 0 Å². The average Bonchev–Trinajstić information content (AvgIpc) is 3.11. The zero-order chi connectivity index (χ0) is 13.3. The van der Waals surface area contributed by atoms with Gasteiger partial charge in [0.05, 0.1) is 4.92 Å². The van der Waals surface area contributed by atoms with Gasteiger partial charge in [0.25, 0.3) is 5.69 Å². The molecule has 0 atom stereocenters. The quantitative estimate of drug-likeness (QED) is 0.657. The topological polar surface area (TPSA) is 55.2 Å². The number of hydrogen-bond donors (Lipinski definition) is 1. The molecule has 1 aliphatic rings. The first-order valence-electron chi connectivity index (χ1n) is 6.08. The molecule has 0 bridgehead atoms. The molecule has 4 nitrogen and oxygen atoms in total. The second-order valence-corrected chi connectivity index (χ2v) is 5.79. The minimum absolute atomic E-state index is 0.0634. The maximum atomic E-state index is 10.7. The van der Waals surface area contributed by atoms with E-state index in [2.05, 4.69) is 19.2 Å². The number of benzene rings is 1. The van der Waals surface area contributed by atoms with E-state index in [4.69, 9.17) is 11.6 Å². The number of non-ortho nitro benzene ring substituents is 1. The van der Waals surface area contributed by atoms with Gasteiger partial charge >= 0.3 is 0 Å². The Bertz CT molecular complexity index is 470. The van der Waals surface area contributed by atoms with Gasteiger partial charge in [0.2, 0.25) is 0 Å². The van der Waals surface area contributed by atoms with Gasteiger partial charge in [-0.15, -0.1) is 0 Å². The smallest absolute Gasteiger partial charge is 0.269 e. The zero-order valence-electron chi connectivity index (χ0n) is 10.6. The van der Waals surface area contributed by atoms with Gasteiger partial charge in [0, 0.05) is 29.2 Å². The number of nitrogens with one attached hydrogen (secondary N) is 1. The van der Waals surface area contributed by atoms with Crippen molar-refractivity contribution in [3.63, 3.8) is 0 Å². The number of nitrogens with zero attached hydrogens (tertiary/aromatic N) is 1. The Kier molecular flexibility index (Phi) is 3.59. The van der Waals surface area contributed by atoms with E-state index in [1.807, 2.05) is 0 Å². The lowest BCUT2D eigenvalue weighted by Gasteiger charge is -2.26. The van der Waals surface area contributed by atoms with Crippen LogP contribution in [0.25, 0.3) is 0 Å². The van der Waals surface area contributed by atoms with Crippen LogP contribution in [-0.4, -0.2) is 10.5 Å². The van der Waals surface area contributed by atoms with Gasteiger partial charge in [0.15, 0.2) is 0 Å². The van der Waals surface area contributed by atoms with E-state index in [9.17, 15) is 10.1 Å². The largest absolute Gasteiger partial charge is 0.307 e. The Labute approximate surface area is 111 Å². The van der Waals surface area contributed by atoms with Crippen LogP contribution < -0.4 is 5.32 Å². The third-order valence-electron chi connectivity index (χ3n) is 3.57. The van der Waals surface area contributed by atoms with Crippen LogP contribution >= 0.6 is 11.6 Å². The van der Waals surface area contributed by atoms with Crippen molar-refractivity contribution in [3.8, 4) is 0 Å². The number of rotatable bonds is 5. The first kappa shape index (κ1) is 13.3. The maximum absolute atomic E-state index is 10.7. The van der Waals surface area contributed by atoms with Crippen molar-refractivity contribution in [2.24, 2.45) is 5.92 Å². The maximum Gasteiger partial charge on any atom is 0.269 e. The molecular formula is C13H17ClN2O2. The summed E-state index contributed by atoms with van der Waals surface area (Å²) in [4.78, 5) is 10.3. The molecule has 1 fully saturated rings. The Morgan fingerprint density at radius 2 is 2.17 bits per heavy atom. The van der Waals surface area contributed by atoms with Gasteiger partial charge in [-0.3, -0.25) is 10.1 Å². The lowest BCUT2D eigenvalue weighted by Crippen LogP contribution is -2.40. The lowest BCUT2D eigenvalue weighted by atomic mass is 9.98. The number of nitro groups is 1. The molecule has 98 valence electrons. The molecule has 0 amide bonds. The van der Waals surface area contributed by atoms with Crippen LogP contribution in [0.2, 0.25) is 5.02 Å². The predicted molar refractivity (Wildman–Crippen MR) is 71.7 cm³/mol. The van der Waals surface area contributed by atoms with E-state index in [0.29, 0.717) is 17.5 Å². The van der Waals surface area contributed by atoms with Crippen molar-refractivity contribution in [1.29, 1.82) is 0 Å². The summed E-state index contributed by atoms with van der Waals surface area (Å²) in [6.07, 6.45) is 2.51. The van der Waals surface area contributed by atoms with E-state index in [0.717, 1.165) is 5.56 Å². The van der Waals surface area contributed by atoms with Crippen molar-refractivity contribution in [1.82, 2.24) is 5.32 Å². The van der Waals surface area contributed by atoms with Gasteiger partial charge < -0.3 is 5.32 Å². The second-order valence-electron chi connectivity index (χ2n) is 5.38. The molecule has 18 heavy (non-hydrogen) atoms. The van der Waals surface area contributed by atoms with Crippen LogP contribution in [0.4, 0.5) is 5.69 Å². The molecule has 1 aromatic rings. The van der Waals surface area contributed by atoms with E-state index in [1.54, 1.807) is 6.07 Å². The van der Waals surface area contributed by atoms with Crippen LogP contribution in [-0.2, 0) is 6.54 Å². The van der Waals surface area contributed by atoms with Crippen LogP contribution in [0.1, 0.15) is 32.3 Å². The molecule has 1 aromatic carbocycles. The molecule has 0 unspecified atom stereocenters. The second kappa shape index (κ2) is 4.86. The van der Waals surface area contributed by atoms with Gasteiger partial charge in [-0.2, -0.15) is 0 Å². The fraction of sp³-hybridized carbons (Fsp3) is 0.538. The van der Waals surface area contributed by atoms with Crippen molar-refractivity contribution in [2.75, 3.05) is 0 Å². The number of hydrogen-bond acceptors (Lipinski definition) is 3. The minimum atomic E-state index is -0.397. The Balaban J connectivity index is 2.08. The molecule has 0 aliphatic heterocycles. The van der Waals surface area contributed by atoms with E-state index in [1.165, 1.54) is 25.0 Å². The lowest BCUT2D eigenvalue weighted by molar-refractivity contribution is -0.384. The molecule has 0 spiro atoms. The predicted octanol–water partition coefficient (Wildman–Crippen LogP) is 3.53. The standard InChI is InChI=1S/C13H17ClN2O2/c1-13(2,10-3-4-10)15-8-9-7-11(16(17)18)5-6-12(9)14/h5-7,10,15H,3-4,8H2,1-2H3. The molecule has 0 saturated heterocycles. The first-order valence-corrected chi connectivity index (χ1v) is 6.46. The van der Waals surface area contributed by atoms with Crippen LogP contribution in [0, 0.1) is 16.0 Å². The highest BCUT2D eigenvalue weighted by Crippen LogP contribution is 2.39. The fourth-order valence-electron chi connectivity index (χ4n) is 2.08. The summed E-state index contributed by atoms with van der Waals surface area (Å²) < 4.78 is 0. The third-order valence-corrected chi connectivity index (χ3v) is 3.94. The molecule has 1 N–H and O–H groups in total. The van der Waals surface area contributed by atoms with Crippen molar-refractivity contribution < 1.29 is 4.92 Å². The first-order chi connectivity index (χ1) is 8.40. The van der Waals surface area contributed by atoms with E-state index in [-0.39, 0.29) is 11.2 Å². The fourth-order valence-corrected chi connectivity index (χ4v) is 2.27. The molecule has 5 heteroatoms. The van der Waals surface area contributed by atoms with Crippen LogP contribution in [0.15, 0.2) is 18.2 Å².